The van der Waals surface area contributed by atoms with Crippen LogP contribution in [0.25, 0.3) is 0 Å². The van der Waals surface area contributed by atoms with Gasteiger partial charge in [-0.05, 0) is 50.3 Å². The molecule has 202 valence electrons. The highest BCUT2D eigenvalue weighted by Gasteiger charge is 2.32. The summed E-state index contributed by atoms with van der Waals surface area (Å²) in [6.07, 6.45) is 2.56. The van der Waals surface area contributed by atoms with Gasteiger partial charge in [-0.1, -0.05) is 36.8 Å². The standard InChI is InChI=1S/C24H39N5O6S/c1-15(30)20(23(33)27-18(24(34)35)11-13-36-2)29-22(32)19(14-16-8-4-3-5-9-16)28-21(31)17(26)10-6-7-12-25/h3-5,8-9,15,17-20,30H,6-7,10-14,25-26H2,1-2H3,(H,27,33)(H,28,31)(H,29,32)(H,34,35). The van der Waals surface area contributed by atoms with E-state index in [9.17, 15) is 29.4 Å². The van der Waals surface area contributed by atoms with Gasteiger partial charge in [-0.3, -0.25) is 14.4 Å². The maximum Gasteiger partial charge on any atom is 0.326 e. The van der Waals surface area contributed by atoms with Crippen LogP contribution in [0, 0.1) is 0 Å². The van der Waals surface area contributed by atoms with Crippen molar-refractivity contribution in [2.75, 3.05) is 18.6 Å². The summed E-state index contributed by atoms with van der Waals surface area (Å²) in [5.74, 6) is -2.79. The normalized spacial score (nSPS) is 15.1. The summed E-state index contributed by atoms with van der Waals surface area (Å²) in [4.78, 5) is 50.1. The zero-order chi connectivity index (χ0) is 27.1. The Morgan fingerprint density at radius 3 is 2.14 bits per heavy atom. The summed E-state index contributed by atoms with van der Waals surface area (Å²) in [5, 5.41) is 27.0. The molecule has 1 aromatic carbocycles. The van der Waals surface area contributed by atoms with Gasteiger partial charge < -0.3 is 37.6 Å². The molecule has 0 heterocycles. The molecule has 0 bridgehead atoms. The second-order valence-corrected chi connectivity index (χ2v) is 9.54. The number of aliphatic hydroxyl groups excluding tert-OH is 1. The van der Waals surface area contributed by atoms with Crippen LogP contribution in [0.2, 0.25) is 0 Å². The molecule has 1 rings (SSSR count). The van der Waals surface area contributed by atoms with Crippen molar-refractivity contribution in [1.82, 2.24) is 16.0 Å². The number of nitrogens with two attached hydrogens (primary N) is 2. The van der Waals surface area contributed by atoms with Crippen molar-refractivity contribution in [1.29, 1.82) is 0 Å². The third kappa shape index (κ3) is 11.4. The summed E-state index contributed by atoms with van der Waals surface area (Å²) in [7, 11) is 0. The minimum atomic E-state index is -1.43. The van der Waals surface area contributed by atoms with Crippen LogP contribution in [0.15, 0.2) is 30.3 Å². The Bertz CT molecular complexity index is 842. The highest BCUT2D eigenvalue weighted by molar-refractivity contribution is 7.98. The number of carbonyl (C=O) groups excluding carboxylic acids is 3. The van der Waals surface area contributed by atoms with E-state index in [0.29, 0.717) is 31.6 Å². The number of nitrogens with one attached hydrogen (secondary N) is 3. The number of carboxylic acid groups (broad SMARTS) is 1. The van der Waals surface area contributed by atoms with Gasteiger partial charge in [0.15, 0.2) is 0 Å². The molecule has 9 N–H and O–H groups in total. The van der Waals surface area contributed by atoms with Crippen LogP contribution in [-0.4, -0.2) is 82.7 Å². The zero-order valence-corrected chi connectivity index (χ0v) is 21.6. The predicted molar refractivity (Wildman–Crippen MR) is 139 cm³/mol. The second kappa shape index (κ2) is 16.9. The van der Waals surface area contributed by atoms with Crippen LogP contribution in [0.3, 0.4) is 0 Å². The molecule has 5 atom stereocenters. The molecular weight excluding hydrogens is 486 g/mol. The van der Waals surface area contributed by atoms with E-state index in [1.54, 1.807) is 24.3 Å². The fraction of sp³-hybridized carbons (Fsp3) is 0.583. The summed E-state index contributed by atoms with van der Waals surface area (Å²) < 4.78 is 0. The molecule has 3 amide bonds. The zero-order valence-electron chi connectivity index (χ0n) is 20.8. The van der Waals surface area contributed by atoms with Crippen molar-refractivity contribution in [3.05, 3.63) is 35.9 Å². The number of hydrogen-bond acceptors (Lipinski definition) is 8. The average molecular weight is 526 g/mol. The van der Waals surface area contributed by atoms with E-state index < -0.39 is 54.0 Å². The summed E-state index contributed by atoms with van der Waals surface area (Å²) in [6, 6.07) is 4.44. The topological polar surface area (TPSA) is 197 Å². The van der Waals surface area contributed by atoms with Crippen molar-refractivity contribution in [3.63, 3.8) is 0 Å². The van der Waals surface area contributed by atoms with Gasteiger partial charge in [-0.15, -0.1) is 0 Å². The van der Waals surface area contributed by atoms with Gasteiger partial charge in [0, 0.05) is 6.42 Å². The smallest absolute Gasteiger partial charge is 0.326 e. The molecule has 0 saturated heterocycles. The highest BCUT2D eigenvalue weighted by atomic mass is 32.2. The Kier molecular flexibility index (Phi) is 14.7. The Labute approximate surface area is 216 Å². The number of aliphatic hydroxyl groups is 1. The van der Waals surface area contributed by atoms with E-state index in [1.165, 1.54) is 18.7 Å². The highest BCUT2D eigenvalue weighted by Crippen LogP contribution is 2.07. The lowest BCUT2D eigenvalue weighted by molar-refractivity contribution is -0.143. The van der Waals surface area contributed by atoms with Crippen molar-refractivity contribution in [2.24, 2.45) is 11.5 Å². The minimum absolute atomic E-state index is 0.119. The van der Waals surface area contributed by atoms with Crippen LogP contribution in [0.4, 0.5) is 0 Å². The van der Waals surface area contributed by atoms with Gasteiger partial charge in [-0.2, -0.15) is 11.8 Å². The number of rotatable bonds is 17. The molecule has 0 aliphatic carbocycles. The number of carbonyl (C=O) groups is 4. The van der Waals surface area contributed by atoms with Crippen LogP contribution in [0.1, 0.15) is 38.2 Å². The van der Waals surface area contributed by atoms with E-state index in [2.05, 4.69) is 16.0 Å². The number of benzene rings is 1. The van der Waals surface area contributed by atoms with E-state index in [1.807, 2.05) is 12.3 Å². The van der Waals surface area contributed by atoms with Crippen LogP contribution in [0.5, 0.6) is 0 Å². The lowest BCUT2D eigenvalue weighted by Crippen LogP contribution is -2.60. The van der Waals surface area contributed by atoms with Crippen molar-refractivity contribution in [3.8, 4) is 0 Å². The first kappa shape index (κ1) is 31.4. The monoisotopic (exact) mass is 525 g/mol. The number of aliphatic carboxylic acids is 1. The molecule has 11 nitrogen and oxygen atoms in total. The predicted octanol–water partition coefficient (Wildman–Crippen LogP) is -0.642. The number of unbranched alkanes of at least 4 members (excludes halogenated alkanes) is 1. The van der Waals surface area contributed by atoms with E-state index in [-0.39, 0.29) is 12.8 Å². The molecule has 5 unspecified atom stereocenters. The lowest BCUT2D eigenvalue weighted by atomic mass is 10.0. The fourth-order valence-corrected chi connectivity index (χ4v) is 3.86. The number of amides is 3. The van der Waals surface area contributed by atoms with Crippen LogP contribution >= 0.6 is 11.8 Å². The van der Waals surface area contributed by atoms with Gasteiger partial charge in [0.2, 0.25) is 17.7 Å². The summed E-state index contributed by atoms with van der Waals surface area (Å²) in [5.41, 5.74) is 12.2. The number of thioether (sulfide) groups is 1. The van der Waals surface area contributed by atoms with Crippen molar-refractivity contribution in [2.45, 2.75) is 69.3 Å². The first-order valence-electron chi connectivity index (χ1n) is 11.9. The van der Waals surface area contributed by atoms with Gasteiger partial charge in [0.25, 0.3) is 0 Å². The first-order chi connectivity index (χ1) is 17.1. The number of hydrogen-bond donors (Lipinski definition) is 7. The molecule has 0 fully saturated rings. The van der Waals surface area contributed by atoms with Crippen molar-refractivity contribution < 1.29 is 29.4 Å². The molecule has 36 heavy (non-hydrogen) atoms. The largest absolute Gasteiger partial charge is 0.480 e. The third-order valence-electron chi connectivity index (χ3n) is 5.51. The number of carboxylic acids is 1. The van der Waals surface area contributed by atoms with Gasteiger partial charge in [-0.25, -0.2) is 4.79 Å². The second-order valence-electron chi connectivity index (χ2n) is 8.55. The van der Waals surface area contributed by atoms with Crippen molar-refractivity contribution >= 4 is 35.5 Å². The van der Waals surface area contributed by atoms with E-state index >= 15 is 0 Å². The Balaban J connectivity index is 3.00. The first-order valence-corrected chi connectivity index (χ1v) is 13.3. The molecule has 0 aliphatic heterocycles. The Morgan fingerprint density at radius 2 is 1.58 bits per heavy atom. The quantitative estimate of drug-likeness (QED) is 0.129. The van der Waals surface area contributed by atoms with Gasteiger partial charge in [0.1, 0.15) is 18.1 Å². The maximum atomic E-state index is 13.2. The summed E-state index contributed by atoms with van der Waals surface area (Å²) >= 11 is 1.43. The molecule has 0 aromatic heterocycles. The molecule has 0 radical (unpaired) electrons. The van der Waals surface area contributed by atoms with E-state index in [4.69, 9.17) is 11.5 Å². The summed E-state index contributed by atoms with van der Waals surface area (Å²) in [6.45, 7) is 1.79. The van der Waals surface area contributed by atoms with Gasteiger partial charge in [0.05, 0.1) is 12.1 Å². The maximum absolute atomic E-state index is 13.2. The lowest BCUT2D eigenvalue weighted by Gasteiger charge is -2.26. The Hall–Kier alpha value is -2.67. The van der Waals surface area contributed by atoms with Gasteiger partial charge >= 0.3 is 5.97 Å². The molecule has 1 aromatic rings. The molecule has 0 saturated carbocycles. The average Bonchev–Trinajstić information content (AvgIpc) is 2.84. The fourth-order valence-electron chi connectivity index (χ4n) is 3.39. The van der Waals surface area contributed by atoms with Crippen LogP contribution in [-0.2, 0) is 25.6 Å². The SMILES string of the molecule is CSCCC(NC(=O)C(NC(=O)C(Cc1ccccc1)NC(=O)C(N)CCCCN)C(C)O)C(=O)O. The third-order valence-corrected chi connectivity index (χ3v) is 6.15. The molecule has 12 heteroatoms. The molecular formula is C24H39N5O6S. The van der Waals surface area contributed by atoms with Crippen LogP contribution < -0.4 is 27.4 Å². The Morgan fingerprint density at radius 1 is 0.944 bits per heavy atom. The molecule has 0 aliphatic rings. The molecule has 0 spiro atoms. The van der Waals surface area contributed by atoms with E-state index in [0.717, 1.165) is 5.56 Å². The minimum Gasteiger partial charge on any atom is -0.480 e.